The van der Waals surface area contributed by atoms with E-state index in [1.54, 1.807) is 7.11 Å². The maximum atomic E-state index is 12.3. The lowest BCUT2D eigenvalue weighted by molar-refractivity contribution is 0.0838. The van der Waals surface area contributed by atoms with E-state index in [0.717, 1.165) is 24.3 Å². The number of benzene rings is 1. The van der Waals surface area contributed by atoms with Crippen LogP contribution in [0.5, 0.6) is 5.75 Å². The third kappa shape index (κ3) is 3.57. The Morgan fingerprint density at radius 3 is 2.68 bits per heavy atom. The largest absolute Gasteiger partial charge is 0.497 e. The molecule has 1 aromatic rings. The van der Waals surface area contributed by atoms with Crippen LogP contribution >= 0.6 is 0 Å². The van der Waals surface area contributed by atoms with Crippen molar-refractivity contribution in [3.63, 3.8) is 0 Å². The molecule has 1 atom stereocenters. The van der Waals surface area contributed by atoms with Crippen LogP contribution in [-0.2, 0) is 0 Å². The van der Waals surface area contributed by atoms with Crippen LogP contribution in [0.1, 0.15) is 43.0 Å². The van der Waals surface area contributed by atoms with Crippen molar-refractivity contribution in [3.05, 3.63) is 29.8 Å². The van der Waals surface area contributed by atoms with Crippen molar-refractivity contribution in [1.29, 1.82) is 0 Å². The minimum absolute atomic E-state index is 0.211. The first-order valence-corrected chi connectivity index (χ1v) is 7.16. The van der Waals surface area contributed by atoms with Crippen molar-refractivity contribution in [2.24, 2.45) is 0 Å². The van der Waals surface area contributed by atoms with Crippen molar-refractivity contribution in [3.8, 4) is 5.75 Å². The van der Waals surface area contributed by atoms with Gasteiger partial charge in [-0.25, -0.2) is 0 Å². The lowest BCUT2D eigenvalue weighted by atomic mass is 9.99. The number of ketones is 1. The summed E-state index contributed by atoms with van der Waals surface area (Å²) in [6.07, 6.45) is 4.88. The predicted molar refractivity (Wildman–Crippen MR) is 76.8 cm³/mol. The maximum Gasteiger partial charge on any atom is 0.176 e. The summed E-state index contributed by atoms with van der Waals surface area (Å²) in [4.78, 5) is 14.6. The molecule has 0 aromatic heterocycles. The van der Waals surface area contributed by atoms with E-state index in [4.69, 9.17) is 4.74 Å². The molecule has 0 bridgehead atoms. The van der Waals surface area contributed by atoms with Crippen molar-refractivity contribution < 1.29 is 9.53 Å². The zero-order chi connectivity index (χ0) is 13.7. The molecular weight excluding hydrogens is 238 g/mol. The van der Waals surface area contributed by atoms with Crippen LogP contribution in [0.25, 0.3) is 0 Å². The van der Waals surface area contributed by atoms with Crippen molar-refractivity contribution >= 4 is 5.78 Å². The number of nitrogens with zero attached hydrogens (tertiary/aromatic N) is 1. The fraction of sp³-hybridized carbons (Fsp3) is 0.562. The number of ether oxygens (including phenoxy) is 1. The Bertz CT molecular complexity index is 413. The van der Waals surface area contributed by atoms with Gasteiger partial charge >= 0.3 is 0 Å². The van der Waals surface area contributed by atoms with E-state index in [1.165, 1.54) is 19.3 Å². The molecule has 1 aromatic carbocycles. The van der Waals surface area contributed by atoms with Gasteiger partial charge in [-0.2, -0.15) is 0 Å². The molecule has 1 saturated heterocycles. The Morgan fingerprint density at radius 2 is 2.05 bits per heavy atom. The Balaban J connectivity index is 1.98. The first-order chi connectivity index (χ1) is 9.24. The SMILES string of the molecule is CCC1CCCCN1CC(=O)c1ccc(OC)cc1. The second kappa shape index (κ2) is 6.71. The van der Waals surface area contributed by atoms with E-state index in [-0.39, 0.29) is 5.78 Å². The van der Waals surface area contributed by atoms with E-state index in [1.807, 2.05) is 24.3 Å². The van der Waals surface area contributed by atoms with Crippen molar-refractivity contribution in [2.75, 3.05) is 20.2 Å². The topological polar surface area (TPSA) is 29.5 Å². The van der Waals surface area contributed by atoms with E-state index in [0.29, 0.717) is 12.6 Å². The summed E-state index contributed by atoms with van der Waals surface area (Å²) in [5.74, 6) is 1.00. The maximum absolute atomic E-state index is 12.3. The molecule has 19 heavy (non-hydrogen) atoms. The summed E-state index contributed by atoms with van der Waals surface area (Å²) in [7, 11) is 1.64. The number of hydrogen-bond donors (Lipinski definition) is 0. The van der Waals surface area contributed by atoms with Gasteiger partial charge in [0.1, 0.15) is 5.75 Å². The molecule has 0 aliphatic carbocycles. The molecular formula is C16H23NO2. The Kier molecular flexibility index (Phi) is 4.97. The zero-order valence-electron chi connectivity index (χ0n) is 11.9. The lowest BCUT2D eigenvalue weighted by Gasteiger charge is -2.34. The number of carbonyl (C=O) groups is 1. The van der Waals surface area contributed by atoms with Crippen LogP contribution in [0.2, 0.25) is 0 Å². The van der Waals surface area contributed by atoms with Crippen molar-refractivity contribution in [2.45, 2.75) is 38.6 Å². The van der Waals surface area contributed by atoms with Crippen LogP contribution in [0.4, 0.5) is 0 Å². The highest BCUT2D eigenvalue weighted by molar-refractivity contribution is 5.97. The summed E-state index contributed by atoms with van der Waals surface area (Å²) >= 11 is 0. The number of likely N-dealkylation sites (tertiary alicyclic amines) is 1. The summed E-state index contributed by atoms with van der Waals surface area (Å²) in [5, 5.41) is 0. The van der Waals surface area contributed by atoms with Gasteiger partial charge in [-0.1, -0.05) is 13.3 Å². The standard InChI is InChI=1S/C16H23NO2/c1-3-14-6-4-5-11-17(14)12-16(18)13-7-9-15(19-2)10-8-13/h7-10,14H,3-6,11-12H2,1-2H3. The molecule has 1 unspecified atom stereocenters. The summed E-state index contributed by atoms with van der Waals surface area (Å²) in [6.45, 7) is 3.81. The van der Waals surface area contributed by atoms with Crippen LogP contribution in [0.3, 0.4) is 0 Å². The minimum Gasteiger partial charge on any atom is -0.497 e. The highest BCUT2D eigenvalue weighted by Crippen LogP contribution is 2.20. The Morgan fingerprint density at radius 1 is 1.32 bits per heavy atom. The Labute approximate surface area is 115 Å². The predicted octanol–water partition coefficient (Wildman–Crippen LogP) is 3.14. The Hall–Kier alpha value is -1.35. The van der Waals surface area contributed by atoms with Gasteiger partial charge in [0.15, 0.2) is 5.78 Å². The number of carbonyl (C=O) groups excluding carboxylic acids is 1. The van der Waals surface area contributed by atoms with Crippen LogP contribution in [0, 0.1) is 0 Å². The van der Waals surface area contributed by atoms with Gasteiger partial charge in [-0.3, -0.25) is 9.69 Å². The van der Waals surface area contributed by atoms with E-state index in [9.17, 15) is 4.79 Å². The minimum atomic E-state index is 0.211. The summed E-state index contributed by atoms with van der Waals surface area (Å²) in [5.41, 5.74) is 0.779. The van der Waals surface area contributed by atoms with Gasteiger partial charge in [0.05, 0.1) is 13.7 Å². The molecule has 104 valence electrons. The number of rotatable bonds is 5. The molecule has 1 aliphatic heterocycles. The first-order valence-electron chi connectivity index (χ1n) is 7.16. The van der Waals surface area contributed by atoms with Crippen LogP contribution in [-0.4, -0.2) is 36.9 Å². The summed E-state index contributed by atoms with van der Waals surface area (Å²) < 4.78 is 5.11. The molecule has 1 heterocycles. The fourth-order valence-electron chi connectivity index (χ4n) is 2.78. The average molecular weight is 261 g/mol. The van der Waals surface area contributed by atoms with Gasteiger partial charge in [0.2, 0.25) is 0 Å². The molecule has 0 spiro atoms. The third-order valence-corrected chi connectivity index (χ3v) is 3.98. The van der Waals surface area contributed by atoms with Crippen LogP contribution in [0.15, 0.2) is 24.3 Å². The fourth-order valence-corrected chi connectivity index (χ4v) is 2.78. The van der Waals surface area contributed by atoms with Crippen molar-refractivity contribution in [1.82, 2.24) is 4.90 Å². The van der Waals surface area contributed by atoms with Gasteiger partial charge in [0.25, 0.3) is 0 Å². The molecule has 3 heteroatoms. The molecule has 0 amide bonds. The average Bonchev–Trinajstić information content (AvgIpc) is 2.48. The van der Waals surface area contributed by atoms with Gasteiger partial charge < -0.3 is 4.74 Å². The number of hydrogen-bond acceptors (Lipinski definition) is 3. The van der Waals surface area contributed by atoms with E-state index in [2.05, 4.69) is 11.8 Å². The summed E-state index contributed by atoms with van der Waals surface area (Å²) in [6, 6.07) is 7.98. The van der Waals surface area contributed by atoms with E-state index >= 15 is 0 Å². The molecule has 1 fully saturated rings. The van der Waals surface area contributed by atoms with Gasteiger partial charge in [-0.05, 0) is 50.1 Å². The number of Topliss-reactive ketones (excluding diaryl/α,β-unsaturated/α-hetero) is 1. The molecule has 3 nitrogen and oxygen atoms in total. The molecule has 1 aliphatic rings. The second-order valence-corrected chi connectivity index (χ2v) is 5.18. The van der Waals surface area contributed by atoms with Crippen LogP contribution < -0.4 is 4.74 Å². The number of piperidine rings is 1. The first kappa shape index (κ1) is 14.1. The normalized spacial score (nSPS) is 20.2. The monoisotopic (exact) mass is 261 g/mol. The van der Waals surface area contributed by atoms with E-state index < -0.39 is 0 Å². The quantitative estimate of drug-likeness (QED) is 0.763. The smallest absolute Gasteiger partial charge is 0.176 e. The van der Waals surface area contributed by atoms with Gasteiger partial charge in [0, 0.05) is 11.6 Å². The number of methoxy groups -OCH3 is 1. The highest BCUT2D eigenvalue weighted by Gasteiger charge is 2.23. The second-order valence-electron chi connectivity index (χ2n) is 5.18. The zero-order valence-corrected chi connectivity index (χ0v) is 11.9. The molecule has 0 saturated carbocycles. The van der Waals surface area contributed by atoms with Gasteiger partial charge in [-0.15, -0.1) is 0 Å². The highest BCUT2D eigenvalue weighted by atomic mass is 16.5. The molecule has 0 radical (unpaired) electrons. The third-order valence-electron chi connectivity index (χ3n) is 3.98. The lowest BCUT2D eigenvalue weighted by Crippen LogP contribution is -2.42. The molecule has 2 rings (SSSR count). The molecule has 0 N–H and O–H groups in total.